The highest BCUT2D eigenvalue weighted by Crippen LogP contribution is 2.25. The topological polar surface area (TPSA) is 47.6 Å². The Morgan fingerprint density at radius 3 is 2.59 bits per heavy atom. The molecule has 0 aliphatic carbocycles. The molecule has 1 aliphatic heterocycles. The molecule has 1 aliphatic rings. The smallest absolute Gasteiger partial charge is 0.315 e. The Morgan fingerprint density at radius 1 is 1.10 bits per heavy atom. The van der Waals surface area contributed by atoms with Crippen LogP contribution in [0.3, 0.4) is 0 Å². The second-order valence-corrected chi connectivity index (χ2v) is 7.77. The van der Waals surface area contributed by atoms with Crippen LogP contribution in [0.2, 0.25) is 0 Å². The number of nitrogens with one attached hydrogen (secondary N) is 2. The largest absolute Gasteiger partial charge is 0.371 e. The first-order valence-corrected chi connectivity index (χ1v) is 9.85. The van der Waals surface area contributed by atoms with E-state index in [1.54, 1.807) is 6.07 Å². The number of amides is 2. The molecule has 1 fully saturated rings. The predicted octanol–water partition coefficient (Wildman–Crippen LogP) is 3.35. The zero-order chi connectivity index (χ0) is 20.8. The van der Waals surface area contributed by atoms with Crippen molar-refractivity contribution in [2.24, 2.45) is 5.92 Å². The van der Waals surface area contributed by atoms with E-state index in [1.165, 1.54) is 11.6 Å². The van der Waals surface area contributed by atoms with Crippen molar-refractivity contribution in [3.05, 3.63) is 65.2 Å². The summed E-state index contributed by atoms with van der Waals surface area (Å²) in [5, 5.41) is 5.85. The average Bonchev–Trinajstić information content (AvgIpc) is 3.16. The number of hydrogen-bond donors (Lipinski definition) is 2. The lowest BCUT2D eigenvalue weighted by Gasteiger charge is -2.19. The van der Waals surface area contributed by atoms with Gasteiger partial charge >= 0.3 is 6.03 Å². The van der Waals surface area contributed by atoms with E-state index in [-0.39, 0.29) is 11.9 Å². The van der Waals surface area contributed by atoms with Gasteiger partial charge in [-0.1, -0.05) is 24.3 Å². The van der Waals surface area contributed by atoms with E-state index in [0.717, 1.165) is 31.1 Å². The molecule has 29 heavy (non-hydrogen) atoms. The minimum atomic E-state index is -0.838. The molecule has 2 N–H and O–H groups in total. The molecule has 0 spiro atoms. The summed E-state index contributed by atoms with van der Waals surface area (Å²) in [7, 11) is 4.03. The van der Waals surface area contributed by atoms with Crippen LogP contribution in [0.25, 0.3) is 0 Å². The maximum atomic E-state index is 13.4. The molecule has 0 saturated carbocycles. The third kappa shape index (κ3) is 5.90. The van der Waals surface area contributed by atoms with E-state index in [9.17, 15) is 13.6 Å². The number of nitrogens with zero attached hydrogens (tertiary/aromatic N) is 2. The number of benzene rings is 2. The van der Waals surface area contributed by atoms with Crippen LogP contribution >= 0.6 is 0 Å². The minimum absolute atomic E-state index is 0.198. The molecule has 1 heterocycles. The van der Waals surface area contributed by atoms with Gasteiger partial charge in [-0.25, -0.2) is 13.6 Å². The van der Waals surface area contributed by atoms with Gasteiger partial charge in [0, 0.05) is 44.5 Å². The molecule has 7 heteroatoms. The molecule has 1 saturated heterocycles. The van der Waals surface area contributed by atoms with Crippen LogP contribution in [0.4, 0.5) is 19.3 Å². The normalized spacial score (nSPS) is 16.3. The first-order chi connectivity index (χ1) is 13.9. The van der Waals surface area contributed by atoms with E-state index >= 15 is 0 Å². The fourth-order valence-corrected chi connectivity index (χ4v) is 3.62. The summed E-state index contributed by atoms with van der Waals surface area (Å²) in [6, 6.07) is 11.8. The SMILES string of the molecule is CN(C)Cc1ccccc1CNC(=O)NC[C@H]1CCN(c2ccc(F)c(F)c2)C1. The summed E-state index contributed by atoms with van der Waals surface area (Å²) in [5.74, 6) is -1.40. The monoisotopic (exact) mass is 402 g/mol. The molecule has 0 bridgehead atoms. The van der Waals surface area contributed by atoms with Crippen LogP contribution in [0, 0.1) is 17.6 Å². The number of hydrogen-bond acceptors (Lipinski definition) is 3. The number of carbonyl (C=O) groups excluding carboxylic acids is 1. The first kappa shape index (κ1) is 21.0. The highest BCUT2D eigenvalue weighted by atomic mass is 19.2. The van der Waals surface area contributed by atoms with Crippen LogP contribution in [0.15, 0.2) is 42.5 Å². The Labute approximate surface area is 170 Å². The third-order valence-electron chi connectivity index (χ3n) is 5.15. The van der Waals surface area contributed by atoms with Crippen molar-refractivity contribution in [1.82, 2.24) is 15.5 Å². The Balaban J connectivity index is 1.44. The average molecular weight is 402 g/mol. The van der Waals surface area contributed by atoms with Gasteiger partial charge in [-0.15, -0.1) is 0 Å². The van der Waals surface area contributed by atoms with E-state index < -0.39 is 11.6 Å². The lowest BCUT2D eigenvalue weighted by atomic mass is 10.1. The molecule has 0 unspecified atom stereocenters. The predicted molar refractivity (Wildman–Crippen MR) is 111 cm³/mol. The van der Waals surface area contributed by atoms with Crippen molar-refractivity contribution in [3.63, 3.8) is 0 Å². The lowest BCUT2D eigenvalue weighted by Crippen LogP contribution is -2.38. The summed E-state index contributed by atoms with van der Waals surface area (Å²) in [6.07, 6.45) is 0.894. The maximum Gasteiger partial charge on any atom is 0.315 e. The second kappa shape index (κ2) is 9.69. The first-order valence-electron chi connectivity index (χ1n) is 9.85. The van der Waals surface area contributed by atoms with Gasteiger partial charge in [0.15, 0.2) is 11.6 Å². The van der Waals surface area contributed by atoms with Crippen molar-refractivity contribution in [3.8, 4) is 0 Å². The molecule has 0 aromatic heterocycles. The van der Waals surface area contributed by atoms with Gasteiger partial charge in [0.05, 0.1) is 0 Å². The maximum absolute atomic E-state index is 13.4. The minimum Gasteiger partial charge on any atom is -0.371 e. The molecule has 2 amide bonds. The number of rotatable bonds is 7. The standard InChI is InChI=1S/C22H28F2N4O/c1-27(2)15-18-6-4-3-5-17(18)13-26-22(29)25-12-16-9-10-28(14-16)19-7-8-20(23)21(24)11-19/h3-8,11,16H,9-10,12-15H2,1-2H3,(H2,25,26,29)/t16-/m1/s1. The van der Waals surface area contributed by atoms with Gasteiger partial charge in [0.1, 0.15) is 0 Å². The quantitative estimate of drug-likeness (QED) is 0.747. The van der Waals surface area contributed by atoms with Gasteiger partial charge < -0.3 is 20.4 Å². The molecule has 2 aromatic carbocycles. The molecule has 5 nitrogen and oxygen atoms in total. The van der Waals surface area contributed by atoms with E-state index in [0.29, 0.717) is 25.3 Å². The third-order valence-corrected chi connectivity index (χ3v) is 5.15. The molecular formula is C22H28F2N4O. The van der Waals surface area contributed by atoms with Crippen molar-refractivity contribution < 1.29 is 13.6 Å². The van der Waals surface area contributed by atoms with Gasteiger partial charge in [-0.2, -0.15) is 0 Å². The Morgan fingerprint density at radius 2 is 1.86 bits per heavy atom. The van der Waals surface area contributed by atoms with Crippen LogP contribution in [-0.4, -0.2) is 44.7 Å². The van der Waals surface area contributed by atoms with Crippen LogP contribution in [0.5, 0.6) is 0 Å². The van der Waals surface area contributed by atoms with Crippen LogP contribution < -0.4 is 15.5 Å². The summed E-state index contributed by atoms with van der Waals surface area (Å²) >= 11 is 0. The molecule has 2 aromatic rings. The highest BCUT2D eigenvalue weighted by molar-refractivity contribution is 5.73. The van der Waals surface area contributed by atoms with Crippen molar-refractivity contribution in [1.29, 1.82) is 0 Å². The van der Waals surface area contributed by atoms with Gasteiger partial charge in [0.2, 0.25) is 0 Å². The van der Waals surface area contributed by atoms with Gasteiger partial charge in [0.25, 0.3) is 0 Å². The zero-order valence-corrected chi connectivity index (χ0v) is 16.9. The number of halogens is 2. The van der Waals surface area contributed by atoms with E-state index in [2.05, 4.69) is 21.6 Å². The summed E-state index contributed by atoms with van der Waals surface area (Å²) < 4.78 is 26.5. The molecule has 3 rings (SSSR count). The summed E-state index contributed by atoms with van der Waals surface area (Å²) in [4.78, 5) is 16.3. The van der Waals surface area contributed by atoms with E-state index in [4.69, 9.17) is 0 Å². The summed E-state index contributed by atoms with van der Waals surface area (Å²) in [5.41, 5.74) is 2.96. The Bertz CT molecular complexity index is 843. The van der Waals surface area contributed by atoms with Crippen LogP contribution in [0.1, 0.15) is 17.5 Å². The number of anilines is 1. The van der Waals surface area contributed by atoms with Crippen LogP contribution in [-0.2, 0) is 13.1 Å². The Kier molecular flexibility index (Phi) is 7.04. The lowest BCUT2D eigenvalue weighted by molar-refractivity contribution is 0.239. The fourth-order valence-electron chi connectivity index (χ4n) is 3.62. The summed E-state index contributed by atoms with van der Waals surface area (Å²) in [6.45, 7) is 3.31. The molecule has 156 valence electrons. The van der Waals surface area contributed by atoms with Crippen molar-refractivity contribution in [2.45, 2.75) is 19.5 Å². The number of carbonyl (C=O) groups is 1. The zero-order valence-electron chi connectivity index (χ0n) is 16.9. The fraction of sp³-hybridized carbons (Fsp3) is 0.409. The molecule has 1 atom stereocenters. The molecular weight excluding hydrogens is 374 g/mol. The highest BCUT2D eigenvalue weighted by Gasteiger charge is 2.23. The molecule has 0 radical (unpaired) electrons. The Hall–Kier alpha value is -2.67. The second-order valence-electron chi connectivity index (χ2n) is 7.77. The van der Waals surface area contributed by atoms with Crippen molar-refractivity contribution in [2.75, 3.05) is 38.6 Å². The van der Waals surface area contributed by atoms with Crippen molar-refractivity contribution >= 4 is 11.7 Å². The van der Waals surface area contributed by atoms with E-state index in [1.807, 2.05) is 37.2 Å². The van der Waals surface area contributed by atoms with Gasteiger partial charge in [-0.3, -0.25) is 0 Å². The van der Waals surface area contributed by atoms with Gasteiger partial charge in [-0.05, 0) is 49.7 Å². The number of urea groups is 1.